The van der Waals surface area contributed by atoms with Crippen LogP contribution in [0.5, 0.6) is 17.2 Å². The first-order valence-corrected chi connectivity index (χ1v) is 14.1. The van der Waals surface area contributed by atoms with Crippen LogP contribution >= 0.6 is 23.1 Å². The van der Waals surface area contributed by atoms with Crippen molar-refractivity contribution in [3.8, 4) is 39.8 Å². The minimum absolute atomic E-state index is 0.0613. The van der Waals surface area contributed by atoms with E-state index in [1.165, 1.54) is 30.2 Å². The van der Waals surface area contributed by atoms with Crippen LogP contribution in [-0.2, 0) is 16.1 Å². The van der Waals surface area contributed by atoms with Crippen molar-refractivity contribution in [2.45, 2.75) is 25.5 Å². The number of aromatic nitrogens is 3. The van der Waals surface area contributed by atoms with Crippen molar-refractivity contribution in [2.75, 3.05) is 39.5 Å². The average molecular weight is 583 g/mol. The van der Waals surface area contributed by atoms with E-state index in [4.69, 9.17) is 18.9 Å². The second-order valence-corrected chi connectivity index (χ2v) is 10.3. The molecule has 1 amide bonds. The highest BCUT2D eigenvalue weighted by Crippen LogP contribution is 2.41. The molecule has 0 aliphatic rings. The predicted molar refractivity (Wildman–Crippen MR) is 156 cm³/mol. The van der Waals surface area contributed by atoms with Crippen LogP contribution in [-0.4, -0.2) is 60.8 Å². The number of aryl methyl sites for hydroxylation is 1. The van der Waals surface area contributed by atoms with Gasteiger partial charge in [0, 0.05) is 23.1 Å². The fourth-order valence-corrected chi connectivity index (χ4v) is 5.87. The fourth-order valence-electron chi connectivity index (χ4n) is 4.10. The SMILES string of the molecule is CCn1c(SCC(=O)Nc2scc(-c3ccc(C)cc3)c2C(=O)OC)nnc1-c1cc(OC)c(OC)c(OC)c1. The summed E-state index contributed by atoms with van der Waals surface area (Å²) in [5, 5.41) is 14.4. The number of benzene rings is 2. The smallest absolute Gasteiger partial charge is 0.341 e. The summed E-state index contributed by atoms with van der Waals surface area (Å²) < 4.78 is 23.3. The molecule has 40 heavy (non-hydrogen) atoms. The minimum Gasteiger partial charge on any atom is -0.493 e. The number of nitrogens with zero attached hydrogens (tertiary/aromatic N) is 3. The number of rotatable bonds is 11. The Hall–Kier alpha value is -4.03. The number of carbonyl (C=O) groups excluding carboxylic acids is 2. The van der Waals surface area contributed by atoms with Gasteiger partial charge in [-0.3, -0.25) is 4.79 Å². The molecule has 0 saturated heterocycles. The number of thiophene rings is 1. The third-order valence-corrected chi connectivity index (χ3v) is 7.95. The van der Waals surface area contributed by atoms with Crippen LogP contribution < -0.4 is 19.5 Å². The van der Waals surface area contributed by atoms with E-state index in [0.717, 1.165) is 16.7 Å². The lowest BCUT2D eigenvalue weighted by molar-refractivity contribution is -0.113. The van der Waals surface area contributed by atoms with Crippen molar-refractivity contribution in [3.63, 3.8) is 0 Å². The molecule has 210 valence electrons. The molecule has 4 aromatic rings. The van der Waals surface area contributed by atoms with Gasteiger partial charge in [-0.25, -0.2) is 4.79 Å². The van der Waals surface area contributed by atoms with Gasteiger partial charge in [0.15, 0.2) is 22.5 Å². The molecule has 10 nitrogen and oxygen atoms in total. The van der Waals surface area contributed by atoms with E-state index in [1.54, 1.807) is 33.5 Å². The van der Waals surface area contributed by atoms with E-state index in [2.05, 4.69) is 15.5 Å². The van der Waals surface area contributed by atoms with Crippen LogP contribution in [0.4, 0.5) is 5.00 Å². The molecule has 0 aliphatic carbocycles. The molecule has 0 radical (unpaired) electrons. The van der Waals surface area contributed by atoms with Crippen LogP contribution in [0, 0.1) is 6.92 Å². The van der Waals surface area contributed by atoms with Crippen molar-refractivity contribution in [2.24, 2.45) is 0 Å². The van der Waals surface area contributed by atoms with Crippen molar-refractivity contribution in [1.29, 1.82) is 0 Å². The molecule has 0 saturated carbocycles. The summed E-state index contributed by atoms with van der Waals surface area (Å²) in [5.74, 6) is 1.34. The second-order valence-electron chi connectivity index (χ2n) is 8.51. The zero-order chi connectivity index (χ0) is 28.8. The van der Waals surface area contributed by atoms with Crippen LogP contribution in [0.25, 0.3) is 22.5 Å². The lowest BCUT2D eigenvalue weighted by Crippen LogP contribution is -2.16. The lowest BCUT2D eigenvalue weighted by atomic mass is 10.0. The van der Waals surface area contributed by atoms with Gasteiger partial charge in [0.1, 0.15) is 10.6 Å². The van der Waals surface area contributed by atoms with E-state index in [-0.39, 0.29) is 11.7 Å². The molecular weight excluding hydrogens is 552 g/mol. The average Bonchev–Trinajstić information content (AvgIpc) is 3.59. The summed E-state index contributed by atoms with van der Waals surface area (Å²) in [6, 6.07) is 11.4. The summed E-state index contributed by atoms with van der Waals surface area (Å²) in [6.07, 6.45) is 0. The van der Waals surface area contributed by atoms with Crippen LogP contribution in [0.3, 0.4) is 0 Å². The van der Waals surface area contributed by atoms with Gasteiger partial charge in [-0.2, -0.15) is 0 Å². The van der Waals surface area contributed by atoms with Crippen LogP contribution in [0.1, 0.15) is 22.8 Å². The number of hydrogen-bond acceptors (Lipinski definition) is 10. The molecule has 12 heteroatoms. The number of methoxy groups -OCH3 is 4. The number of hydrogen-bond donors (Lipinski definition) is 1. The fraction of sp³-hybridized carbons (Fsp3) is 0.286. The summed E-state index contributed by atoms with van der Waals surface area (Å²) >= 11 is 2.52. The highest BCUT2D eigenvalue weighted by Gasteiger charge is 2.23. The summed E-state index contributed by atoms with van der Waals surface area (Å²) in [7, 11) is 5.97. The van der Waals surface area contributed by atoms with E-state index >= 15 is 0 Å². The largest absolute Gasteiger partial charge is 0.493 e. The normalized spacial score (nSPS) is 10.8. The monoisotopic (exact) mass is 582 g/mol. The van der Waals surface area contributed by atoms with Crippen molar-refractivity contribution < 1.29 is 28.5 Å². The second kappa shape index (κ2) is 12.9. The van der Waals surface area contributed by atoms with Gasteiger partial charge in [-0.15, -0.1) is 21.5 Å². The molecule has 0 atom stereocenters. The maximum absolute atomic E-state index is 13.0. The van der Waals surface area contributed by atoms with Crippen LogP contribution in [0.15, 0.2) is 46.9 Å². The molecule has 0 unspecified atom stereocenters. The van der Waals surface area contributed by atoms with Crippen molar-refractivity contribution >= 4 is 40.0 Å². The van der Waals surface area contributed by atoms with E-state index < -0.39 is 5.97 Å². The van der Waals surface area contributed by atoms with Crippen molar-refractivity contribution in [3.05, 3.63) is 52.9 Å². The maximum Gasteiger partial charge on any atom is 0.341 e. The Balaban J connectivity index is 1.54. The third kappa shape index (κ3) is 5.92. The summed E-state index contributed by atoms with van der Waals surface area (Å²) in [5.41, 5.74) is 3.74. The zero-order valence-corrected chi connectivity index (χ0v) is 24.7. The third-order valence-electron chi connectivity index (χ3n) is 6.08. The number of amides is 1. The topological polar surface area (TPSA) is 114 Å². The Bertz CT molecular complexity index is 1490. The number of thioether (sulfide) groups is 1. The molecular formula is C28H30N4O6S2. The summed E-state index contributed by atoms with van der Waals surface area (Å²) in [4.78, 5) is 25.6. The first-order chi connectivity index (χ1) is 19.3. The van der Waals surface area contributed by atoms with Crippen LogP contribution in [0.2, 0.25) is 0 Å². The maximum atomic E-state index is 13.0. The number of ether oxygens (including phenoxy) is 4. The molecule has 0 aliphatic heterocycles. The Morgan fingerprint density at radius 1 is 0.975 bits per heavy atom. The van der Waals surface area contributed by atoms with E-state index in [0.29, 0.717) is 50.9 Å². The van der Waals surface area contributed by atoms with Gasteiger partial charge >= 0.3 is 5.97 Å². The van der Waals surface area contributed by atoms with E-state index in [9.17, 15) is 9.59 Å². The number of nitrogens with one attached hydrogen (secondary N) is 1. The first-order valence-electron chi connectivity index (χ1n) is 12.3. The zero-order valence-electron chi connectivity index (χ0n) is 23.1. The van der Waals surface area contributed by atoms with Gasteiger partial charge in [0.2, 0.25) is 11.7 Å². The predicted octanol–water partition coefficient (Wildman–Crippen LogP) is 5.55. The van der Waals surface area contributed by atoms with Gasteiger partial charge < -0.3 is 28.8 Å². The number of anilines is 1. The highest BCUT2D eigenvalue weighted by molar-refractivity contribution is 7.99. The molecule has 0 fully saturated rings. The Kier molecular flexibility index (Phi) is 9.33. The lowest BCUT2D eigenvalue weighted by Gasteiger charge is -2.14. The van der Waals surface area contributed by atoms with Gasteiger partial charge in [-0.1, -0.05) is 41.6 Å². The Morgan fingerprint density at radius 2 is 1.65 bits per heavy atom. The first kappa shape index (κ1) is 29.0. The number of carbonyl (C=O) groups is 2. The molecule has 2 heterocycles. The number of esters is 1. The quantitative estimate of drug-likeness (QED) is 0.180. The molecule has 2 aromatic heterocycles. The molecule has 2 aromatic carbocycles. The Labute approximate surface area is 240 Å². The molecule has 0 spiro atoms. The van der Waals surface area contributed by atoms with Gasteiger partial charge in [0.25, 0.3) is 0 Å². The van der Waals surface area contributed by atoms with Gasteiger partial charge in [-0.05, 0) is 31.5 Å². The standard InChI is InChI=1S/C28H30N4O6S2/c1-7-32-25(18-12-20(35-3)24(37-5)21(13-18)36-4)30-31-28(32)40-15-22(33)29-26-23(27(34)38-6)19(14-39-26)17-10-8-16(2)9-11-17/h8-14H,7,15H2,1-6H3,(H,29,33). The molecule has 4 rings (SSSR count). The Morgan fingerprint density at radius 3 is 2.23 bits per heavy atom. The van der Waals surface area contributed by atoms with Crippen molar-refractivity contribution in [1.82, 2.24) is 14.8 Å². The van der Waals surface area contributed by atoms with E-state index in [1.807, 2.05) is 48.1 Å². The molecule has 0 bridgehead atoms. The molecule has 1 N–H and O–H groups in total. The summed E-state index contributed by atoms with van der Waals surface area (Å²) in [6.45, 7) is 4.53. The highest BCUT2D eigenvalue weighted by atomic mass is 32.2. The minimum atomic E-state index is -0.513. The van der Waals surface area contributed by atoms with Gasteiger partial charge in [0.05, 0.1) is 34.2 Å².